The summed E-state index contributed by atoms with van der Waals surface area (Å²) in [5, 5.41) is 13.4. The number of hydrogen-bond donors (Lipinski definition) is 1. The Bertz CT molecular complexity index is 524. The fourth-order valence-electron chi connectivity index (χ4n) is 2.20. The van der Waals surface area contributed by atoms with Gasteiger partial charge in [0.25, 0.3) is 0 Å². The molecule has 2 rings (SSSR count). The van der Waals surface area contributed by atoms with E-state index in [-0.39, 0.29) is 6.61 Å². The molecule has 0 spiro atoms. The topological polar surface area (TPSA) is 54.2 Å². The average Bonchev–Trinajstić information content (AvgIpc) is 2.79. The second kappa shape index (κ2) is 7.17. The molecule has 0 aromatic carbocycles. The van der Waals surface area contributed by atoms with Crippen LogP contribution in [-0.2, 0) is 19.6 Å². The summed E-state index contributed by atoms with van der Waals surface area (Å²) in [5.41, 5.74) is 3.52. The van der Waals surface area contributed by atoms with Gasteiger partial charge >= 0.3 is 0 Å². The van der Waals surface area contributed by atoms with Crippen LogP contribution in [0.5, 0.6) is 0 Å². The molecule has 5 heteroatoms. The van der Waals surface area contributed by atoms with Gasteiger partial charge in [0.1, 0.15) is 0 Å². The highest BCUT2D eigenvalue weighted by Gasteiger charge is 2.10. The van der Waals surface area contributed by atoms with Crippen LogP contribution in [0.3, 0.4) is 0 Å². The lowest BCUT2D eigenvalue weighted by molar-refractivity contribution is 0.266. The van der Waals surface area contributed by atoms with Crippen LogP contribution in [0, 0.1) is 6.92 Å². The van der Waals surface area contributed by atoms with Crippen LogP contribution in [0.1, 0.15) is 23.7 Å². The van der Waals surface area contributed by atoms with Crippen molar-refractivity contribution in [3.05, 3.63) is 47.5 Å². The van der Waals surface area contributed by atoms with Crippen molar-refractivity contribution in [1.82, 2.24) is 19.7 Å². The second-order valence-electron chi connectivity index (χ2n) is 4.89. The van der Waals surface area contributed by atoms with Crippen LogP contribution in [0.2, 0.25) is 0 Å². The number of aromatic nitrogens is 3. The minimum atomic E-state index is 0.120. The number of nitrogens with zero attached hydrogens (tertiary/aromatic N) is 4. The van der Waals surface area contributed by atoms with Gasteiger partial charge in [-0.2, -0.15) is 5.10 Å². The number of rotatable bonds is 7. The van der Waals surface area contributed by atoms with Gasteiger partial charge in [-0.3, -0.25) is 14.6 Å². The van der Waals surface area contributed by atoms with Crippen LogP contribution < -0.4 is 0 Å². The maximum Gasteiger partial charge on any atom is 0.0641 e. The molecular weight excluding hydrogens is 252 g/mol. The summed E-state index contributed by atoms with van der Waals surface area (Å²) in [6, 6.07) is 4.09. The predicted molar refractivity (Wildman–Crippen MR) is 78.1 cm³/mol. The lowest BCUT2D eigenvalue weighted by Gasteiger charge is -2.20. The lowest BCUT2D eigenvalue weighted by atomic mass is 10.2. The van der Waals surface area contributed by atoms with Gasteiger partial charge in [-0.15, -0.1) is 0 Å². The standard InChI is InChI=1S/C15H22N4O/c1-3-18(10-14-4-6-16-7-5-14)11-15-12-19(8-9-20)17-13(15)2/h4-7,12,20H,3,8-11H2,1-2H3. The van der Waals surface area contributed by atoms with E-state index in [1.807, 2.05) is 42.3 Å². The van der Waals surface area contributed by atoms with Crippen molar-refractivity contribution in [2.75, 3.05) is 13.2 Å². The van der Waals surface area contributed by atoms with Crippen LogP contribution in [0.4, 0.5) is 0 Å². The van der Waals surface area contributed by atoms with E-state index in [0.29, 0.717) is 6.54 Å². The number of aryl methyl sites for hydroxylation is 1. The van der Waals surface area contributed by atoms with Crippen molar-refractivity contribution in [2.24, 2.45) is 0 Å². The summed E-state index contributed by atoms with van der Waals surface area (Å²) >= 11 is 0. The molecule has 0 saturated heterocycles. The minimum Gasteiger partial charge on any atom is -0.394 e. The van der Waals surface area contributed by atoms with Crippen LogP contribution in [-0.4, -0.2) is 37.9 Å². The normalized spacial score (nSPS) is 11.2. The van der Waals surface area contributed by atoms with Crippen molar-refractivity contribution >= 4 is 0 Å². The van der Waals surface area contributed by atoms with Crippen molar-refractivity contribution < 1.29 is 5.11 Å². The molecule has 0 aliphatic rings. The molecule has 2 aromatic heterocycles. The monoisotopic (exact) mass is 274 g/mol. The Labute approximate surface area is 119 Å². The quantitative estimate of drug-likeness (QED) is 0.833. The van der Waals surface area contributed by atoms with Gasteiger partial charge in [-0.05, 0) is 31.2 Å². The van der Waals surface area contributed by atoms with E-state index in [1.165, 1.54) is 11.1 Å². The molecule has 0 saturated carbocycles. The largest absolute Gasteiger partial charge is 0.394 e. The summed E-state index contributed by atoms with van der Waals surface area (Å²) in [6.07, 6.45) is 5.68. The van der Waals surface area contributed by atoms with Gasteiger partial charge in [0.05, 0.1) is 18.8 Å². The number of hydrogen-bond acceptors (Lipinski definition) is 4. The molecule has 5 nitrogen and oxygen atoms in total. The molecule has 1 N–H and O–H groups in total. The second-order valence-corrected chi connectivity index (χ2v) is 4.89. The Kier molecular flexibility index (Phi) is 5.26. The average molecular weight is 274 g/mol. The van der Waals surface area contributed by atoms with Crippen molar-refractivity contribution in [3.63, 3.8) is 0 Å². The van der Waals surface area contributed by atoms with Crippen molar-refractivity contribution in [1.29, 1.82) is 0 Å². The van der Waals surface area contributed by atoms with Crippen molar-refractivity contribution in [3.8, 4) is 0 Å². The van der Waals surface area contributed by atoms with Crippen molar-refractivity contribution in [2.45, 2.75) is 33.5 Å². The van der Waals surface area contributed by atoms with Crippen LogP contribution >= 0.6 is 0 Å². The summed E-state index contributed by atoms with van der Waals surface area (Å²) in [5.74, 6) is 0. The fourth-order valence-corrected chi connectivity index (χ4v) is 2.20. The predicted octanol–water partition coefficient (Wildman–Crippen LogP) is 1.60. The highest BCUT2D eigenvalue weighted by molar-refractivity contribution is 5.16. The molecule has 0 amide bonds. The van der Waals surface area contributed by atoms with E-state index in [9.17, 15) is 0 Å². The lowest BCUT2D eigenvalue weighted by Crippen LogP contribution is -2.22. The van der Waals surface area contributed by atoms with Gasteiger partial charge < -0.3 is 5.11 Å². The van der Waals surface area contributed by atoms with Gasteiger partial charge in [-0.1, -0.05) is 6.92 Å². The zero-order chi connectivity index (χ0) is 14.4. The zero-order valence-electron chi connectivity index (χ0n) is 12.2. The van der Waals surface area contributed by atoms with E-state index < -0.39 is 0 Å². The molecular formula is C15H22N4O. The number of pyridine rings is 1. The highest BCUT2D eigenvalue weighted by Crippen LogP contribution is 2.12. The molecule has 0 unspecified atom stereocenters. The number of aliphatic hydroxyl groups excluding tert-OH is 1. The molecule has 108 valence electrons. The van der Waals surface area contributed by atoms with E-state index in [1.54, 1.807) is 0 Å². The summed E-state index contributed by atoms with van der Waals surface area (Å²) in [6.45, 7) is 7.61. The Hall–Kier alpha value is -1.72. The molecule has 0 aliphatic carbocycles. The van der Waals surface area contributed by atoms with E-state index >= 15 is 0 Å². The Morgan fingerprint density at radius 2 is 2.00 bits per heavy atom. The molecule has 20 heavy (non-hydrogen) atoms. The maximum absolute atomic E-state index is 8.97. The Balaban J connectivity index is 2.02. The Morgan fingerprint density at radius 1 is 1.25 bits per heavy atom. The molecule has 0 aliphatic heterocycles. The first kappa shape index (κ1) is 14.7. The van der Waals surface area contributed by atoms with Gasteiger partial charge in [0, 0.05) is 37.2 Å². The summed E-state index contributed by atoms with van der Waals surface area (Å²) in [7, 11) is 0. The van der Waals surface area contributed by atoms with E-state index in [4.69, 9.17) is 5.11 Å². The third kappa shape index (κ3) is 3.88. The zero-order valence-corrected chi connectivity index (χ0v) is 12.2. The highest BCUT2D eigenvalue weighted by atomic mass is 16.3. The molecule has 0 fully saturated rings. The third-order valence-electron chi connectivity index (χ3n) is 3.37. The fraction of sp³-hybridized carbons (Fsp3) is 0.467. The van der Waals surface area contributed by atoms with Gasteiger partial charge in [0.15, 0.2) is 0 Å². The first-order valence-corrected chi connectivity index (χ1v) is 6.98. The number of aliphatic hydroxyl groups is 1. The van der Waals surface area contributed by atoms with Crippen LogP contribution in [0.25, 0.3) is 0 Å². The minimum absolute atomic E-state index is 0.120. The summed E-state index contributed by atoms with van der Waals surface area (Å²) in [4.78, 5) is 6.41. The molecule has 0 bridgehead atoms. The smallest absolute Gasteiger partial charge is 0.0641 e. The maximum atomic E-state index is 8.97. The molecule has 0 radical (unpaired) electrons. The van der Waals surface area contributed by atoms with Gasteiger partial charge in [0.2, 0.25) is 0 Å². The SMILES string of the molecule is CCN(Cc1ccncc1)Cc1cn(CCO)nc1C. The van der Waals surface area contributed by atoms with E-state index in [2.05, 4.69) is 21.9 Å². The first-order valence-electron chi connectivity index (χ1n) is 6.98. The van der Waals surface area contributed by atoms with Crippen LogP contribution in [0.15, 0.2) is 30.7 Å². The molecule has 2 heterocycles. The Morgan fingerprint density at radius 3 is 2.65 bits per heavy atom. The first-order chi connectivity index (χ1) is 9.72. The van der Waals surface area contributed by atoms with E-state index in [0.717, 1.165) is 25.3 Å². The van der Waals surface area contributed by atoms with Gasteiger partial charge in [-0.25, -0.2) is 0 Å². The molecule has 0 atom stereocenters. The third-order valence-corrected chi connectivity index (χ3v) is 3.37. The summed E-state index contributed by atoms with van der Waals surface area (Å²) < 4.78 is 1.81. The molecule has 2 aromatic rings.